The van der Waals surface area contributed by atoms with E-state index in [1.54, 1.807) is 12.1 Å². The Kier molecular flexibility index (Phi) is 2.20. The predicted molar refractivity (Wildman–Crippen MR) is 55.2 cm³/mol. The lowest BCUT2D eigenvalue weighted by molar-refractivity contribution is 0.561. The summed E-state index contributed by atoms with van der Waals surface area (Å²) in [5.74, 6) is 0. The molecule has 1 aromatic heterocycles. The molecule has 0 bridgehead atoms. The maximum atomic E-state index is 10.9. The number of anilines is 1. The van der Waals surface area contributed by atoms with E-state index in [-0.39, 0.29) is 5.63 Å². The Balaban J connectivity index is 2.58. The van der Waals surface area contributed by atoms with Crippen molar-refractivity contribution in [1.29, 1.82) is 0 Å². The molecule has 2 aromatic rings. The van der Waals surface area contributed by atoms with Gasteiger partial charge in [0.05, 0.1) is 6.67 Å². The van der Waals surface area contributed by atoms with Crippen LogP contribution in [0.5, 0.6) is 0 Å². The van der Waals surface area contributed by atoms with Crippen molar-refractivity contribution in [1.82, 2.24) is 0 Å². The molecule has 0 amide bonds. The summed E-state index contributed by atoms with van der Waals surface area (Å²) in [5, 5.41) is 3.83. The fourth-order valence-electron chi connectivity index (χ4n) is 1.29. The van der Waals surface area contributed by atoms with E-state index in [0.29, 0.717) is 12.3 Å². The summed E-state index contributed by atoms with van der Waals surface area (Å²) in [6.07, 6.45) is 0. The first-order chi connectivity index (χ1) is 6.79. The molecule has 0 spiro atoms. The van der Waals surface area contributed by atoms with Crippen LogP contribution in [0.4, 0.5) is 5.69 Å². The van der Waals surface area contributed by atoms with Crippen molar-refractivity contribution in [2.45, 2.75) is 0 Å². The minimum absolute atomic E-state index is 0.345. The third kappa shape index (κ3) is 1.60. The molecule has 0 saturated heterocycles. The standard InChI is InChI=1S/C10H10N2O2/c11-6-12-8-3-1-7-2-4-10(13)14-9(7)5-8/h1-5,12H,6,11H2. The third-order valence-electron chi connectivity index (χ3n) is 1.93. The van der Waals surface area contributed by atoms with E-state index >= 15 is 0 Å². The lowest BCUT2D eigenvalue weighted by Gasteiger charge is -2.03. The Morgan fingerprint density at radius 3 is 2.86 bits per heavy atom. The van der Waals surface area contributed by atoms with Crippen LogP contribution in [0.3, 0.4) is 0 Å². The van der Waals surface area contributed by atoms with Gasteiger partial charge in [-0.15, -0.1) is 0 Å². The van der Waals surface area contributed by atoms with Crippen LogP contribution in [0, 0.1) is 0 Å². The molecule has 0 aliphatic carbocycles. The van der Waals surface area contributed by atoms with Gasteiger partial charge in [0.1, 0.15) is 5.58 Å². The van der Waals surface area contributed by atoms with E-state index in [2.05, 4.69) is 5.32 Å². The minimum atomic E-state index is -0.345. The largest absolute Gasteiger partial charge is 0.423 e. The van der Waals surface area contributed by atoms with Crippen LogP contribution in [0.2, 0.25) is 0 Å². The molecular weight excluding hydrogens is 180 g/mol. The summed E-state index contributed by atoms with van der Waals surface area (Å²) in [5.41, 5.74) is 6.39. The molecule has 0 fully saturated rings. The zero-order valence-electron chi connectivity index (χ0n) is 7.49. The van der Waals surface area contributed by atoms with Crippen LogP contribution in [-0.2, 0) is 0 Å². The first-order valence-corrected chi connectivity index (χ1v) is 4.27. The van der Waals surface area contributed by atoms with Crippen LogP contribution in [-0.4, -0.2) is 6.67 Å². The molecular formula is C10H10N2O2. The van der Waals surface area contributed by atoms with E-state index in [0.717, 1.165) is 11.1 Å². The van der Waals surface area contributed by atoms with Crippen molar-refractivity contribution < 1.29 is 4.42 Å². The number of hydrogen-bond donors (Lipinski definition) is 2. The molecule has 4 nitrogen and oxygen atoms in total. The number of rotatable bonds is 2. The quantitative estimate of drug-likeness (QED) is 0.550. The number of benzene rings is 1. The second-order valence-electron chi connectivity index (χ2n) is 2.89. The highest BCUT2D eigenvalue weighted by Gasteiger charge is 1.97. The van der Waals surface area contributed by atoms with Crippen LogP contribution in [0.15, 0.2) is 39.5 Å². The Bertz CT molecular complexity index is 505. The second-order valence-corrected chi connectivity index (χ2v) is 2.89. The molecule has 0 aliphatic rings. The van der Waals surface area contributed by atoms with E-state index in [9.17, 15) is 4.79 Å². The van der Waals surface area contributed by atoms with Gasteiger partial charge in [-0.2, -0.15) is 0 Å². The summed E-state index contributed by atoms with van der Waals surface area (Å²) < 4.78 is 5.01. The van der Waals surface area contributed by atoms with Crippen molar-refractivity contribution in [3.63, 3.8) is 0 Å². The molecule has 0 unspecified atom stereocenters. The summed E-state index contributed by atoms with van der Waals surface area (Å²) in [4.78, 5) is 10.9. The highest BCUT2D eigenvalue weighted by molar-refractivity contribution is 5.80. The SMILES string of the molecule is NCNc1ccc2ccc(=O)oc2c1. The predicted octanol–water partition coefficient (Wildman–Crippen LogP) is 1.12. The van der Waals surface area contributed by atoms with E-state index in [1.165, 1.54) is 6.07 Å². The summed E-state index contributed by atoms with van der Waals surface area (Å²) >= 11 is 0. The van der Waals surface area contributed by atoms with Gasteiger partial charge >= 0.3 is 5.63 Å². The maximum Gasteiger partial charge on any atom is 0.336 e. The number of fused-ring (bicyclic) bond motifs is 1. The molecule has 0 radical (unpaired) electrons. The highest BCUT2D eigenvalue weighted by atomic mass is 16.4. The average molecular weight is 190 g/mol. The van der Waals surface area contributed by atoms with Gasteiger partial charge in [0.25, 0.3) is 0 Å². The molecule has 4 heteroatoms. The number of nitrogens with one attached hydrogen (secondary N) is 1. The fraction of sp³-hybridized carbons (Fsp3) is 0.100. The number of hydrogen-bond acceptors (Lipinski definition) is 4. The molecule has 0 atom stereocenters. The normalized spacial score (nSPS) is 10.4. The van der Waals surface area contributed by atoms with Gasteiger partial charge in [0.2, 0.25) is 0 Å². The lowest BCUT2D eigenvalue weighted by Crippen LogP contribution is -2.10. The molecule has 0 saturated carbocycles. The number of nitrogens with two attached hydrogens (primary N) is 1. The molecule has 0 aliphatic heterocycles. The molecule has 3 N–H and O–H groups in total. The van der Waals surface area contributed by atoms with Crippen molar-refractivity contribution >= 4 is 16.7 Å². The Morgan fingerprint density at radius 1 is 1.29 bits per heavy atom. The first-order valence-electron chi connectivity index (χ1n) is 4.27. The van der Waals surface area contributed by atoms with Crippen LogP contribution in [0.25, 0.3) is 11.0 Å². The topological polar surface area (TPSA) is 68.3 Å². The smallest absolute Gasteiger partial charge is 0.336 e. The van der Waals surface area contributed by atoms with E-state index in [4.69, 9.17) is 10.2 Å². The van der Waals surface area contributed by atoms with Crippen LogP contribution in [0.1, 0.15) is 0 Å². The fourth-order valence-corrected chi connectivity index (χ4v) is 1.29. The lowest BCUT2D eigenvalue weighted by atomic mass is 10.2. The van der Waals surface area contributed by atoms with Gasteiger partial charge in [-0.05, 0) is 18.2 Å². The third-order valence-corrected chi connectivity index (χ3v) is 1.93. The summed E-state index contributed by atoms with van der Waals surface area (Å²) in [6.45, 7) is 0.350. The van der Waals surface area contributed by atoms with Crippen molar-refractivity contribution in [3.05, 3.63) is 40.8 Å². The van der Waals surface area contributed by atoms with Crippen LogP contribution >= 0.6 is 0 Å². The summed E-state index contributed by atoms with van der Waals surface area (Å²) in [6, 6.07) is 8.64. The van der Waals surface area contributed by atoms with E-state index < -0.39 is 0 Å². The minimum Gasteiger partial charge on any atom is -0.423 e. The second kappa shape index (κ2) is 3.51. The van der Waals surface area contributed by atoms with Crippen molar-refractivity contribution in [2.24, 2.45) is 5.73 Å². The molecule has 1 aromatic carbocycles. The van der Waals surface area contributed by atoms with Gasteiger partial charge in [-0.1, -0.05) is 0 Å². The van der Waals surface area contributed by atoms with Gasteiger partial charge in [0.15, 0.2) is 0 Å². The van der Waals surface area contributed by atoms with Gasteiger partial charge in [0, 0.05) is 23.2 Å². The molecule has 1 heterocycles. The van der Waals surface area contributed by atoms with Crippen molar-refractivity contribution in [2.75, 3.05) is 12.0 Å². The van der Waals surface area contributed by atoms with E-state index in [1.807, 2.05) is 12.1 Å². The summed E-state index contributed by atoms with van der Waals surface area (Å²) in [7, 11) is 0. The zero-order chi connectivity index (χ0) is 9.97. The Morgan fingerprint density at radius 2 is 2.07 bits per heavy atom. The first kappa shape index (κ1) is 8.77. The Labute approximate surface area is 80.3 Å². The highest BCUT2D eigenvalue weighted by Crippen LogP contribution is 2.16. The maximum absolute atomic E-state index is 10.9. The molecule has 2 rings (SSSR count). The van der Waals surface area contributed by atoms with Gasteiger partial charge < -0.3 is 15.5 Å². The molecule has 72 valence electrons. The monoisotopic (exact) mass is 190 g/mol. The molecule has 14 heavy (non-hydrogen) atoms. The van der Waals surface area contributed by atoms with Gasteiger partial charge in [-0.25, -0.2) is 4.79 Å². The van der Waals surface area contributed by atoms with Crippen LogP contribution < -0.4 is 16.7 Å². The Hall–Kier alpha value is -1.81. The zero-order valence-corrected chi connectivity index (χ0v) is 7.49. The van der Waals surface area contributed by atoms with Crippen molar-refractivity contribution in [3.8, 4) is 0 Å². The van der Waals surface area contributed by atoms with Gasteiger partial charge in [-0.3, -0.25) is 0 Å². The average Bonchev–Trinajstić information content (AvgIpc) is 2.17.